The van der Waals surface area contributed by atoms with Crippen LogP contribution in [0.2, 0.25) is 5.02 Å². The van der Waals surface area contributed by atoms with Gasteiger partial charge < -0.3 is 5.32 Å². The van der Waals surface area contributed by atoms with E-state index in [0.717, 1.165) is 9.13 Å². The first-order chi connectivity index (χ1) is 8.58. The molecule has 0 unspecified atom stereocenters. The molecule has 0 fully saturated rings. The van der Waals surface area contributed by atoms with Crippen molar-refractivity contribution in [1.82, 2.24) is 4.98 Å². The first-order valence-electron chi connectivity index (χ1n) is 5.26. The van der Waals surface area contributed by atoms with Crippen molar-refractivity contribution in [2.45, 2.75) is 6.92 Å². The van der Waals surface area contributed by atoms with Crippen LogP contribution in [0.15, 0.2) is 36.5 Å². The molecular formula is C13H10ClIN2O. The van der Waals surface area contributed by atoms with E-state index < -0.39 is 0 Å². The van der Waals surface area contributed by atoms with Crippen LogP contribution in [0.25, 0.3) is 0 Å². The maximum atomic E-state index is 12.1. The van der Waals surface area contributed by atoms with Crippen molar-refractivity contribution < 1.29 is 4.79 Å². The molecule has 0 aliphatic heterocycles. The van der Waals surface area contributed by atoms with Gasteiger partial charge in [0.15, 0.2) is 0 Å². The number of aryl methyl sites for hydroxylation is 1. The van der Waals surface area contributed by atoms with E-state index in [4.69, 9.17) is 11.6 Å². The molecule has 1 N–H and O–H groups in total. The molecule has 2 aromatic rings. The molecule has 1 aromatic carbocycles. The Morgan fingerprint density at radius 2 is 2.17 bits per heavy atom. The van der Waals surface area contributed by atoms with Gasteiger partial charge >= 0.3 is 0 Å². The molecule has 0 aliphatic rings. The molecule has 92 valence electrons. The third-order valence-corrected chi connectivity index (χ3v) is 3.59. The molecular weight excluding hydrogens is 363 g/mol. The topological polar surface area (TPSA) is 42.0 Å². The third kappa shape index (κ3) is 3.00. The monoisotopic (exact) mass is 372 g/mol. The molecule has 0 bridgehead atoms. The van der Waals surface area contributed by atoms with Crippen molar-refractivity contribution in [1.29, 1.82) is 0 Å². The van der Waals surface area contributed by atoms with E-state index in [2.05, 4.69) is 32.9 Å². The highest BCUT2D eigenvalue weighted by molar-refractivity contribution is 14.1. The van der Waals surface area contributed by atoms with Crippen LogP contribution in [0.1, 0.15) is 15.9 Å². The summed E-state index contributed by atoms with van der Waals surface area (Å²) < 4.78 is 0.850. The number of carbonyl (C=O) groups excluding carboxylic acids is 1. The second-order valence-electron chi connectivity index (χ2n) is 3.75. The van der Waals surface area contributed by atoms with Crippen LogP contribution in [0.4, 0.5) is 5.82 Å². The summed E-state index contributed by atoms with van der Waals surface area (Å²) in [6.07, 6.45) is 1.64. The zero-order valence-corrected chi connectivity index (χ0v) is 12.5. The Hall–Kier alpha value is -1.14. The summed E-state index contributed by atoms with van der Waals surface area (Å²) in [6, 6.07) is 8.94. The third-order valence-electron chi connectivity index (χ3n) is 2.41. The molecule has 0 radical (unpaired) electrons. The van der Waals surface area contributed by atoms with Gasteiger partial charge in [0.25, 0.3) is 5.91 Å². The van der Waals surface area contributed by atoms with E-state index in [1.165, 1.54) is 0 Å². The number of hydrogen-bond donors (Lipinski definition) is 1. The number of benzene rings is 1. The van der Waals surface area contributed by atoms with Crippen molar-refractivity contribution in [2.75, 3.05) is 5.32 Å². The molecule has 0 saturated heterocycles. The van der Waals surface area contributed by atoms with E-state index in [-0.39, 0.29) is 5.91 Å². The SMILES string of the molecule is Cc1cccnc1NC(=O)c1cc(Cl)ccc1I. The Balaban J connectivity index is 2.28. The smallest absolute Gasteiger partial charge is 0.257 e. The number of carbonyl (C=O) groups is 1. The molecule has 0 aliphatic carbocycles. The lowest BCUT2D eigenvalue weighted by Gasteiger charge is -2.08. The first-order valence-corrected chi connectivity index (χ1v) is 6.71. The van der Waals surface area contributed by atoms with Gasteiger partial charge in [-0.2, -0.15) is 0 Å². The fourth-order valence-electron chi connectivity index (χ4n) is 1.46. The van der Waals surface area contributed by atoms with Gasteiger partial charge in [-0.3, -0.25) is 4.79 Å². The number of nitrogens with zero attached hydrogens (tertiary/aromatic N) is 1. The van der Waals surface area contributed by atoms with Crippen LogP contribution in [0, 0.1) is 10.5 Å². The minimum Gasteiger partial charge on any atom is -0.306 e. The lowest BCUT2D eigenvalue weighted by Crippen LogP contribution is -2.15. The minimum atomic E-state index is -0.205. The number of hydrogen-bond acceptors (Lipinski definition) is 2. The molecule has 1 aromatic heterocycles. The maximum Gasteiger partial charge on any atom is 0.257 e. The Kier molecular flexibility index (Phi) is 4.19. The van der Waals surface area contributed by atoms with Crippen molar-refractivity contribution in [2.24, 2.45) is 0 Å². The summed E-state index contributed by atoms with van der Waals surface area (Å²) in [4.78, 5) is 16.3. The van der Waals surface area contributed by atoms with Gasteiger partial charge in [0.1, 0.15) is 5.82 Å². The van der Waals surface area contributed by atoms with Crippen LogP contribution in [-0.2, 0) is 0 Å². The highest BCUT2D eigenvalue weighted by Crippen LogP contribution is 2.19. The molecule has 0 atom stereocenters. The summed E-state index contributed by atoms with van der Waals surface area (Å²) in [7, 11) is 0. The Morgan fingerprint density at radius 3 is 2.89 bits per heavy atom. The molecule has 2 rings (SSSR count). The summed E-state index contributed by atoms with van der Waals surface area (Å²) in [5.41, 5.74) is 1.47. The molecule has 1 heterocycles. The zero-order valence-electron chi connectivity index (χ0n) is 9.58. The van der Waals surface area contributed by atoms with Crippen LogP contribution >= 0.6 is 34.2 Å². The summed E-state index contributed by atoms with van der Waals surface area (Å²) in [6.45, 7) is 1.89. The molecule has 1 amide bonds. The van der Waals surface area contributed by atoms with Crippen LogP contribution in [-0.4, -0.2) is 10.9 Å². The fraction of sp³-hybridized carbons (Fsp3) is 0.0769. The van der Waals surface area contributed by atoms with Gasteiger partial charge in [-0.25, -0.2) is 4.98 Å². The van der Waals surface area contributed by atoms with Crippen molar-refractivity contribution in [3.63, 3.8) is 0 Å². The second kappa shape index (κ2) is 5.67. The number of halogens is 2. The number of rotatable bonds is 2. The van der Waals surface area contributed by atoms with E-state index in [1.54, 1.807) is 18.3 Å². The largest absolute Gasteiger partial charge is 0.306 e. The highest BCUT2D eigenvalue weighted by Gasteiger charge is 2.12. The first kappa shape index (κ1) is 13.3. The van der Waals surface area contributed by atoms with E-state index >= 15 is 0 Å². The van der Waals surface area contributed by atoms with Crippen LogP contribution < -0.4 is 5.32 Å². The van der Waals surface area contributed by atoms with Gasteiger partial charge in [0, 0.05) is 14.8 Å². The van der Waals surface area contributed by atoms with Crippen molar-refractivity contribution in [3.05, 3.63) is 56.2 Å². The zero-order chi connectivity index (χ0) is 13.1. The Bertz CT molecular complexity index is 601. The molecule has 18 heavy (non-hydrogen) atoms. The summed E-state index contributed by atoms with van der Waals surface area (Å²) in [5.74, 6) is 0.363. The Labute approximate surface area is 124 Å². The standard InChI is InChI=1S/C13H10ClIN2O/c1-8-3-2-6-16-12(8)17-13(18)10-7-9(14)4-5-11(10)15/h2-7H,1H3,(H,16,17,18). The van der Waals surface area contributed by atoms with E-state index in [1.807, 2.05) is 25.1 Å². The van der Waals surface area contributed by atoms with Crippen molar-refractivity contribution in [3.8, 4) is 0 Å². The Morgan fingerprint density at radius 1 is 1.39 bits per heavy atom. The normalized spacial score (nSPS) is 10.2. The van der Waals surface area contributed by atoms with E-state index in [9.17, 15) is 4.79 Å². The summed E-state index contributed by atoms with van der Waals surface area (Å²) in [5, 5.41) is 3.32. The second-order valence-corrected chi connectivity index (χ2v) is 5.35. The molecule has 5 heteroatoms. The molecule has 0 spiro atoms. The van der Waals surface area contributed by atoms with Gasteiger partial charge in [-0.1, -0.05) is 17.7 Å². The number of anilines is 1. The quantitative estimate of drug-likeness (QED) is 0.813. The highest BCUT2D eigenvalue weighted by atomic mass is 127. The number of amides is 1. The van der Waals surface area contributed by atoms with Crippen LogP contribution in [0.5, 0.6) is 0 Å². The van der Waals surface area contributed by atoms with Gasteiger partial charge in [0.05, 0.1) is 5.56 Å². The van der Waals surface area contributed by atoms with E-state index in [0.29, 0.717) is 16.4 Å². The maximum absolute atomic E-state index is 12.1. The number of pyridine rings is 1. The van der Waals surface area contributed by atoms with Gasteiger partial charge in [0.2, 0.25) is 0 Å². The van der Waals surface area contributed by atoms with Crippen LogP contribution in [0.3, 0.4) is 0 Å². The lowest BCUT2D eigenvalue weighted by molar-refractivity contribution is 0.102. The summed E-state index contributed by atoms with van der Waals surface area (Å²) >= 11 is 8.00. The minimum absolute atomic E-state index is 0.205. The predicted molar refractivity (Wildman–Crippen MR) is 81.1 cm³/mol. The molecule has 3 nitrogen and oxygen atoms in total. The number of nitrogens with one attached hydrogen (secondary N) is 1. The van der Waals surface area contributed by atoms with Gasteiger partial charge in [-0.05, 0) is 59.3 Å². The lowest BCUT2D eigenvalue weighted by atomic mass is 10.2. The average Bonchev–Trinajstić information content (AvgIpc) is 2.35. The predicted octanol–water partition coefficient (Wildman–Crippen LogP) is 3.90. The fourth-order valence-corrected chi connectivity index (χ4v) is 2.22. The van der Waals surface area contributed by atoms with Crippen molar-refractivity contribution >= 4 is 45.9 Å². The van der Waals surface area contributed by atoms with Gasteiger partial charge in [-0.15, -0.1) is 0 Å². The average molecular weight is 373 g/mol. The molecule has 0 saturated carbocycles. The number of aromatic nitrogens is 1.